The Morgan fingerprint density at radius 2 is 2.21 bits per heavy atom. The lowest BCUT2D eigenvalue weighted by Crippen LogP contribution is -2.25. The standard InChI is InChI=1S/C10H15N3S/c1-2-14-10(12-1)7-13-5-8-3-11-4-9(8)6-13/h1-2,8-9,11H,3-7H2/t8-,9+. The molecule has 2 fully saturated rings. The van der Waals surface area contributed by atoms with E-state index in [-0.39, 0.29) is 0 Å². The highest BCUT2D eigenvalue weighted by Crippen LogP contribution is 2.27. The quantitative estimate of drug-likeness (QED) is 0.780. The first-order chi connectivity index (χ1) is 6.92. The second-order valence-corrected chi connectivity index (χ2v) is 5.28. The van der Waals surface area contributed by atoms with Gasteiger partial charge >= 0.3 is 0 Å². The van der Waals surface area contributed by atoms with Gasteiger partial charge in [-0.05, 0) is 24.9 Å². The van der Waals surface area contributed by atoms with Crippen molar-refractivity contribution in [1.82, 2.24) is 15.2 Å². The van der Waals surface area contributed by atoms with Crippen molar-refractivity contribution in [2.24, 2.45) is 11.8 Å². The summed E-state index contributed by atoms with van der Waals surface area (Å²) < 4.78 is 0. The summed E-state index contributed by atoms with van der Waals surface area (Å²) in [6, 6.07) is 0. The van der Waals surface area contributed by atoms with Crippen LogP contribution in [0.5, 0.6) is 0 Å². The van der Waals surface area contributed by atoms with E-state index >= 15 is 0 Å². The fourth-order valence-electron chi connectivity index (χ4n) is 2.60. The van der Waals surface area contributed by atoms with Crippen molar-refractivity contribution >= 4 is 11.3 Å². The lowest BCUT2D eigenvalue weighted by molar-refractivity contribution is 0.305. The monoisotopic (exact) mass is 209 g/mol. The molecule has 0 aliphatic carbocycles. The van der Waals surface area contributed by atoms with Crippen LogP contribution in [0.2, 0.25) is 0 Å². The molecule has 0 radical (unpaired) electrons. The minimum Gasteiger partial charge on any atom is -0.316 e. The first kappa shape index (κ1) is 8.83. The Kier molecular flexibility index (Phi) is 2.27. The van der Waals surface area contributed by atoms with Crippen LogP contribution in [0, 0.1) is 11.8 Å². The number of aromatic nitrogens is 1. The van der Waals surface area contributed by atoms with Crippen LogP contribution in [0.3, 0.4) is 0 Å². The van der Waals surface area contributed by atoms with Crippen LogP contribution in [-0.2, 0) is 6.54 Å². The van der Waals surface area contributed by atoms with Crippen molar-refractivity contribution < 1.29 is 0 Å². The van der Waals surface area contributed by atoms with Crippen LogP contribution in [0.4, 0.5) is 0 Å². The molecule has 3 rings (SSSR count). The maximum atomic E-state index is 4.33. The molecule has 0 amide bonds. The highest BCUT2D eigenvalue weighted by Gasteiger charge is 2.35. The van der Waals surface area contributed by atoms with Gasteiger partial charge in [-0.2, -0.15) is 0 Å². The Labute approximate surface area is 88.1 Å². The molecular weight excluding hydrogens is 194 g/mol. The Bertz CT molecular complexity index is 286. The summed E-state index contributed by atoms with van der Waals surface area (Å²) in [5.74, 6) is 1.80. The van der Waals surface area contributed by atoms with E-state index in [4.69, 9.17) is 0 Å². The van der Waals surface area contributed by atoms with E-state index in [1.807, 2.05) is 6.20 Å². The van der Waals surface area contributed by atoms with Crippen LogP contribution < -0.4 is 5.32 Å². The van der Waals surface area contributed by atoms with Gasteiger partial charge in [0.15, 0.2) is 0 Å². The molecule has 1 N–H and O–H groups in total. The van der Waals surface area contributed by atoms with Crippen LogP contribution in [0.1, 0.15) is 5.01 Å². The predicted octanol–water partition coefficient (Wildman–Crippen LogP) is 0.794. The van der Waals surface area contributed by atoms with Gasteiger partial charge in [0, 0.05) is 24.7 Å². The molecule has 0 bridgehead atoms. The molecular formula is C10H15N3S. The van der Waals surface area contributed by atoms with Crippen molar-refractivity contribution in [3.8, 4) is 0 Å². The number of rotatable bonds is 2. The van der Waals surface area contributed by atoms with Crippen LogP contribution in [-0.4, -0.2) is 36.1 Å². The van der Waals surface area contributed by atoms with E-state index in [1.165, 1.54) is 31.2 Å². The number of likely N-dealkylation sites (tertiary alicyclic amines) is 1. The smallest absolute Gasteiger partial charge is 0.107 e. The van der Waals surface area contributed by atoms with E-state index in [0.29, 0.717) is 0 Å². The van der Waals surface area contributed by atoms with Gasteiger partial charge in [0.25, 0.3) is 0 Å². The second-order valence-electron chi connectivity index (χ2n) is 4.30. The number of hydrogen-bond donors (Lipinski definition) is 1. The van der Waals surface area contributed by atoms with Gasteiger partial charge in [-0.15, -0.1) is 11.3 Å². The maximum absolute atomic E-state index is 4.33. The van der Waals surface area contributed by atoms with Crippen LogP contribution in [0.15, 0.2) is 11.6 Å². The summed E-state index contributed by atoms with van der Waals surface area (Å²) in [5, 5.41) is 6.79. The Balaban J connectivity index is 1.61. The molecule has 2 aliphatic rings. The minimum atomic E-state index is 0.898. The van der Waals surface area contributed by atoms with Gasteiger partial charge in [0.1, 0.15) is 5.01 Å². The fraction of sp³-hybridized carbons (Fsp3) is 0.700. The van der Waals surface area contributed by atoms with Crippen molar-refractivity contribution in [2.45, 2.75) is 6.54 Å². The molecule has 3 heterocycles. The third-order valence-corrected chi connectivity index (χ3v) is 4.07. The van der Waals surface area contributed by atoms with Gasteiger partial charge in [0.2, 0.25) is 0 Å². The summed E-state index contributed by atoms with van der Waals surface area (Å²) in [7, 11) is 0. The molecule has 76 valence electrons. The van der Waals surface area contributed by atoms with Crippen molar-refractivity contribution in [2.75, 3.05) is 26.2 Å². The molecule has 0 spiro atoms. The highest BCUT2D eigenvalue weighted by atomic mass is 32.1. The second kappa shape index (κ2) is 3.61. The normalized spacial score (nSPS) is 32.3. The molecule has 1 aromatic rings. The number of thiazole rings is 1. The summed E-state index contributed by atoms with van der Waals surface area (Å²) in [6.45, 7) is 6.03. The van der Waals surface area contributed by atoms with Gasteiger partial charge < -0.3 is 5.32 Å². The van der Waals surface area contributed by atoms with E-state index in [2.05, 4.69) is 20.6 Å². The van der Waals surface area contributed by atoms with Crippen molar-refractivity contribution in [1.29, 1.82) is 0 Å². The summed E-state index contributed by atoms with van der Waals surface area (Å²) in [5.41, 5.74) is 0. The average Bonchev–Trinajstić information content (AvgIpc) is 2.78. The van der Waals surface area contributed by atoms with Crippen molar-refractivity contribution in [3.05, 3.63) is 16.6 Å². The van der Waals surface area contributed by atoms with Gasteiger partial charge in [-0.1, -0.05) is 0 Å². The van der Waals surface area contributed by atoms with E-state index in [9.17, 15) is 0 Å². The van der Waals surface area contributed by atoms with Crippen LogP contribution >= 0.6 is 11.3 Å². The zero-order chi connectivity index (χ0) is 9.38. The van der Waals surface area contributed by atoms with E-state index < -0.39 is 0 Å². The summed E-state index contributed by atoms with van der Waals surface area (Å²) in [6.07, 6.45) is 1.90. The molecule has 3 nitrogen and oxygen atoms in total. The molecule has 2 aliphatic heterocycles. The SMILES string of the molecule is c1csc(CN2C[C@H]3CNC[C@H]3C2)n1. The van der Waals surface area contributed by atoms with Gasteiger partial charge in [-0.25, -0.2) is 4.98 Å². The lowest BCUT2D eigenvalue weighted by atomic mass is 10.0. The van der Waals surface area contributed by atoms with Gasteiger partial charge in [0.05, 0.1) is 6.54 Å². The predicted molar refractivity (Wildman–Crippen MR) is 57.2 cm³/mol. The average molecular weight is 209 g/mol. The molecule has 0 aromatic carbocycles. The Hall–Kier alpha value is -0.450. The number of nitrogens with one attached hydrogen (secondary N) is 1. The molecule has 1 aromatic heterocycles. The number of fused-ring (bicyclic) bond motifs is 1. The van der Waals surface area contributed by atoms with Crippen molar-refractivity contribution in [3.63, 3.8) is 0 Å². The third kappa shape index (κ3) is 1.58. The van der Waals surface area contributed by atoms with E-state index in [0.717, 1.165) is 18.4 Å². The zero-order valence-electron chi connectivity index (χ0n) is 8.15. The molecule has 2 atom stereocenters. The maximum Gasteiger partial charge on any atom is 0.107 e. The Morgan fingerprint density at radius 1 is 1.43 bits per heavy atom. The largest absolute Gasteiger partial charge is 0.316 e. The first-order valence-electron chi connectivity index (χ1n) is 5.23. The first-order valence-corrected chi connectivity index (χ1v) is 6.11. The Morgan fingerprint density at radius 3 is 2.86 bits per heavy atom. The number of hydrogen-bond acceptors (Lipinski definition) is 4. The molecule has 14 heavy (non-hydrogen) atoms. The topological polar surface area (TPSA) is 28.2 Å². The summed E-state index contributed by atoms with van der Waals surface area (Å²) in [4.78, 5) is 6.89. The highest BCUT2D eigenvalue weighted by molar-refractivity contribution is 7.09. The molecule has 0 saturated carbocycles. The third-order valence-electron chi connectivity index (χ3n) is 3.31. The minimum absolute atomic E-state index is 0.898. The molecule has 4 heteroatoms. The number of nitrogens with zero attached hydrogens (tertiary/aromatic N) is 2. The summed E-state index contributed by atoms with van der Waals surface area (Å²) >= 11 is 1.77. The fourth-order valence-corrected chi connectivity index (χ4v) is 3.26. The van der Waals surface area contributed by atoms with E-state index in [1.54, 1.807) is 11.3 Å². The van der Waals surface area contributed by atoms with Gasteiger partial charge in [-0.3, -0.25) is 4.90 Å². The van der Waals surface area contributed by atoms with Crippen LogP contribution in [0.25, 0.3) is 0 Å². The molecule has 0 unspecified atom stereocenters. The molecule has 2 saturated heterocycles. The lowest BCUT2D eigenvalue weighted by Gasteiger charge is -2.14. The zero-order valence-corrected chi connectivity index (χ0v) is 8.96.